The molecule has 0 radical (unpaired) electrons. The van der Waals surface area contributed by atoms with Crippen molar-refractivity contribution in [2.75, 3.05) is 6.61 Å². The van der Waals surface area contributed by atoms with E-state index in [1.807, 2.05) is 0 Å². The molecular formula is C22H19FN4O2. The van der Waals surface area contributed by atoms with Gasteiger partial charge in [0.15, 0.2) is 0 Å². The van der Waals surface area contributed by atoms with Crippen molar-refractivity contribution in [2.45, 2.75) is 31.7 Å². The molecule has 6 nitrogen and oxygen atoms in total. The van der Waals surface area contributed by atoms with E-state index in [-0.39, 0.29) is 17.5 Å². The topological polar surface area (TPSA) is 90.8 Å². The van der Waals surface area contributed by atoms with Crippen LogP contribution in [-0.4, -0.2) is 28.8 Å². The predicted octanol–water partition coefficient (Wildman–Crippen LogP) is 3.92. The molecule has 29 heavy (non-hydrogen) atoms. The van der Waals surface area contributed by atoms with Crippen molar-refractivity contribution in [1.82, 2.24) is 15.5 Å². The Morgan fingerprint density at radius 2 is 2.07 bits per heavy atom. The third-order valence-electron chi connectivity index (χ3n) is 5.30. The number of hydrogen-bond acceptors (Lipinski definition) is 4. The van der Waals surface area contributed by atoms with Crippen LogP contribution in [0.4, 0.5) is 4.39 Å². The summed E-state index contributed by atoms with van der Waals surface area (Å²) >= 11 is 0. The summed E-state index contributed by atoms with van der Waals surface area (Å²) < 4.78 is 20.1. The van der Waals surface area contributed by atoms with E-state index in [4.69, 9.17) is 4.74 Å². The molecule has 0 bridgehead atoms. The Morgan fingerprint density at radius 3 is 2.79 bits per heavy atom. The molecule has 0 saturated heterocycles. The molecule has 1 amide bonds. The standard InChI is InChI=1S/C22H19FN4O2/c23-16-6-13(5-14(7-16)22(28)25-17-3-4-17)21-18-9-20(29-11-12-1-2-12)15(10-24)8-19(18)26-27-21/h5-9,12,17H,1-4,11H2,(H,25,28)(H,26,27). The van der Waals surface area contributed by atoms with E-state index in [2.05, 4.69) is 21.6 Å². The highest BCUT2D eigenvalue weighted by atomic mass is 19.1. The summed E-state index contributed by atoms with van der Waals surface area (Å²) in [6.45, 7) is 0.582. The molecule has 0 spiro atoms. The fraction of sp³-hybridized carbons (Fsp3) is 0.318. The van der Waals surface area contributed by atoms with Gasteiger partial charge in [-0.05, 0) is 61.9 Å². The average Bonchev–Trinajstić information content (AvgIpc) is 3.64. The number of amides is 1. The van der Waals surface area contributed by atoms with Crippen LogP contribution in [-0.2, 0) is 0 Å². The summed E-state index contributed by atoms with van der Waals surface area (Å²) in [6, 6.07) is 10.0. The van der Waals surface area contributed by atoms with Crippen LogP contribution in [0, 0.1) is 23.1 Å². The van der Waals surface area contributed by atoms with Crippen LogP contribution in [0.5, 0.6) is 5.75 Å². The molecule has 2 aliphatic carbocycles. The van der Waals surface area contributed by atoms with Crippen molar-refractivity contribution in [3.63, 3.8) is 0 Å². The smallest absolute Gasteiger partial charge is 0.251 e. The van der Waals surface area contributed by atoms with Crippen molar-refractivity contribution in [3.05, 3.63) is 47.3 Å². The molecule has 2 aromatic carbocycles. The molecule has 0 atom stereocenters. The lowest BCUT2D eigenvalue weighted by molar-refractivity contribution is 0.0950. The van der Waals surface area contributed by atoms with Gasteiger partial charge in [-0.2, -0.15) is 10.4 Å². The first-order valence-corrected chi connectivity index (χ1v) is 9.77. The Morgan fingerprint density at radius 1 is 1.24 bits per heavy atom. The van der Waals surface area contributed by atoms with Crippen molar-refractivity contribution in [1.29, 1.82) is 5.26 Å². The van der Waals surface area contributed by atoms with Gasteiger partial charge in [-0.1, -0.05) is 0 Å². The number of halogens is 1. The Hall–Kier alpha value is -3.40. The van der Waals surface area contributed by atoms with Gasteiger partial charge >= 0.3 is 0 Å². The summed E-state index contributed by atoms with van der Waals surface area (Å²) in [4.78, 5) is 12.4. The second-order valence-electron chi connectivity index (χ2n) is 7.81. The molecule has 7 heteroatoms. The Bertz CT molecular complexity index is 1160. The van der Waals surface area contributed by atoms with Crippen molar-refractivity contribution in [2.24, 2.45) is 5.92 Å². The summed E-state index contributed by atoms with van der Waals surface area (Å²) in [6.07, 6.45) is 4.22. The maximum absolute atomic E-state index is 14.3. The highest BCUT2D eigenvalue weighted by molar-refractivity contribution is 5.99. The highest BCUT2D eigenvalue weighted by Crippen LogP contribution is 2.34. The van der Waals surface area contributed by atoms with Gasteiger partial charge in [-0.15, -0.1) is 0 Å². The van der Waals surface area contributed by atoms with Crippen molar-refractivity contribution in [3.8, 4) is 23.1 Å². The zero-order valence-electron chi connectivity index (χ0n) is 15.7. The molecular weight excluding hydrogens is 371 g/mol. The average molecular weight is 390 g/mol. The van der Waals surface area contributed by atoms with Crippen LogP contribution in [0.3, 0.4) is 0 Å². The van der Waals surface area contributed by atoms with Gasteiger partial charge in [-0.3, -0.25) is 9.89 Å². The van der Waals surface area contributed by atoms with Gasteiger partial charge < -0.3 is 10.1 Å². The van der Waals surface area contributed by atoms with E-state index < -0.39 is 5.82 Å². The lowest BCUT2D eigenvalue weighted by Gasteiger charge is -2.08. The second kappa shape index (κ2) is 6.89. The number of nitrogens with one attached hydrogen (secondary N) is 2. The normalized spacial score (nSPS) is 15.9. The van der Waals surface area contributed by atoms with Crippen LogP contribution >= 0.6 is 0 Å². The fourth-order valence-electron chi connectivity index (χ4n) is 3.32. The number of nitrogens with zero attached hydrogens (tertiary/aromatic N) is 2. The minimum Gasteiger partial charge on any atom is -0.492 e. The number of carbonyl (C=O) groups is 1. The zero-order valence-corrected chi connectivity index (χ0v) is 15.7. The third-order valence-corrected chi connectivity index (χ3v) is 5.30. The monoisotopic (exact) mass is 390 g/mol. The van der Waals surface area contributed by atoms with E-state index in [1.165, 1.54) is 12.1 Å². The van der Waals surface area contributed by atoms with Crippen LogP contribution in [0.2, 0.25) is 0 Å². The maximum Gasteiger partial charge on any atom is 0.251 e. The first-order valence-electron chi connectivity index (χ1n) is 9.77. The summed E-state index contributed by atoms with van der Waals surface area (Å²) in [5.74, 6) is 0.265. The van der Waals surface area contributed by atoms with Gasteiger partial charge in [-0.25, -0.2) is 4.39 Å². The third kappa shape index (κ3) is 3.66. The van der Waals surface area contributed by atoms with Gasteiger partial charge in [0.25, 0.3) is 5.91 Å². The minimum atomic E-state index is -0.501. The number of aromatic amines is 1. The lowest BCUT2D eigenvalue weighted by Crippen LogP contribution is -2.25. The summed E-state index contributed by atoms with van der Waals surface area (Å²) in [7, 11) is 0. The number of nitriles is 1. The summed E-state index contributed by atoms with van der Waals surface area (Å²) in [5.41, 5.74) is 2.36. The van der Waals surface area contributed by atoms with Crippen LogP contribution in [0.25, 0.3) is 22.2 Å². The van der Waals surface area contributed by atoms with E-state index >= 15 is 0 Å². The number of H-pyrrole nitrogens is 1. The molecule has 0 unspecified atom stereocenters. The van der Waals surface area contributed by atoms with Crippen LogP contribution < -0.4 is 10.1 Å². The maximum atomic E-state index is 14.3. The minimum absolute atomic E-state index is 0.191. The molecule has 3 aromatic rings. The largest absolute Gasteiger partial charge is 0.492 e. The first-order chi connectivity index (χ1) is 14.1. The fourth-order valence-corrected chi connectivity index (χ4v) is 3.32. The molecule has 2 aliphatic rings. The number of hydrogen-bond donors (Lipinski definition) is 2. The van der Waals surface area contributed by atoms with Crippen LogP contribution in [0.15, 0.2) is 30.3 Å². The molecule has 2 saturated carbocycles. The molecule has 2 fully saturated rings. The Labute approximate surface area is 166 Å². The number of ether oxygens (including phenoxy) is 1. The SMILES string of the molecule is N#Cc1cc2[nH]nc(-c3cc(F)cc(C(=O)NC4CC4)c3)c2cc1OCC1CC1. The highest BCUT2D eigenvalue weighted by Gasteiger charge is 2.25. The van der Waals surface area contributed by atoms with Crippen LogP contribution in [0.1, 0.15) is 41.6 Å². The first kappa shape index (κ1) is 17.7. The molecule has 5 rings (SSSR count). The molecule has 146 valence electrons. The zero-order chi connectivity index (χ0) is 20.0. The van der Waals surface area contributed by atoms with Gasteiger partial charge in [0.05, 0.1) is 17.7 Å². The number of fused-ring (bicyclic) bond motifs is 1. The molecule has 1 heterocycles. The van der Waals surface area contributed by atoms with Gasteiger partial charge in [0.2, 0.25) is 0 Å². The quantitative estimate of drug-likeness (QED) is 0.667. The number of aromatic nitrogens is 2. The Kier molecular flexibility index (Phi) is 4.20. The van der Waals surface area contributed by atoms with Gasteiger partial charge in [0, 0.05) is 22.6 Å². The number of rotatable bonds is 6. The molecule has 0 aliphatic heterocycles. The molecule has 2 N–H and O–H groups in total. The lowest BCUT2D eigenvalue weighted by atomic mass is 10.0. The predicted molar refractivity (Wildman–Crippen MR) is 105 cm³/mol. The van der Waals surface area contributed by atoms with E-state index in [9.17, 15) is 14.4 Å². The van der Waals surface area contributed by atoms with Crippen molar-refractivity contribution < 1.29 is 13.9 Å². The van der Waals surface area contributed by atoms with E-state index in [1.54, 1.807) is 18.2 Å². The second-order valence-corrected chi connectivity index (χ2v) is 7.81. The van der Waals surface area contributed by atoms with E-state index in [0.29, 0.717) is 46.0 Å². The molecule has 1 aromatic heterocycles. The number of benzene rings is 2. The van der Waals surface area contributed by atoms with Crippen molar-refractivity contribution >= 4 is 16.8 Å². The summed E-state index contributed by atoms with van der Waals surface area (Å²) in [5, 5.41) is 20.2. The number of carbonyl (C=O) groups excluding carboxylic acids is 1. The van der Waals surface area contributed by atoms with Gasteiger partial charge in [0.1, 0.15) is 23.3 Å². The Balaban J connectivity index is 1.53. The van der Waals surface area contributed by atoms with E-state index in [0.717, 1.165) is 25.7 Å².